The van der Waals surface area contributed by atoms with Crippen LogP contribution in [0.2, 0.25) is 0 Å². The normalized spacial score (nSPS) is 23.4. The number of carbonyl (C=O) groups excluding carboxylic acids is 2. The van der Waals surface area contributed by atoms with Crippen molar-refractivity contribution >= 4 is 24.3 Å². The molecule has 1 aliphatic heterocycles. The number of hydrogen-bond donors (Lipinski definition) is 2. The number of ether oxygens (including phenoxy) is 1. The van der Waals surface area contributed by atoms with Gasteiger partial charge < -0.3 is 15.4 Å². The largest absolute Gasteiger partial charge is 0.469 e. The third kappa shape index (κ3) is 5.89. The molecule has 0 spiro atoms. The molecular weight excluding hydrogens is 244 g/mol. The van der Waals surface area contributed by atoms with Gasteiger partial charge in [-0.25, -0.2) is 0 Å². The van der Waals surface area contributed by atoms with Gasteiger partial charge in [0.25, 0.3) is 0 Å². The van der Waals surface area contributed by atoms with Crippen LogP contribution in [-0.2, 0) is 14.3 Å². The van der Waals surface area contributed by atoms with E-state index in [0.29, 0.717) is 12.6 Å². The summed E-state index contributed by atoms with van der Waals surface area (Å²) in [5.41, 5.74) is 0. The van der Waals surface area contributed by atoms with Crippen LogP contribution >= 0.6 is 12.4 Å². The lowest BCUT2D eigenvalue weighted by atomic mass is 9.92. The SMILES string of the molecule is COC(=O)CCNC(=O)[C@H]1CCN[C@@H](C)C1.Cl. The Morgan fingerprint density at radius 1 is 1.47 bits per heavy atom. The number of piperidine rings is 1. The van der Waals surface area contributed by atoms with Crippen LogP contribution in [0.25, 0.3) is 0 Å². The molecule has 0 bridgehead atoms. The Kier molecular flexibility index (Phi) is 7.91. The molecule has 1 fully saturated rings. The van der Waals surface area contributed by atoms with E-state index in [4.69, 9.17) is 0 Å². The lowest BCUT2D eigenvalue weighted by molar-refractivity contribution is -0.140. The maximum atomic E-state index is 11.7. The molecule has 0 aromatic carbocycles. The molecule has 1 heterocycles. The van der Waals surface area contributed by atoms with Gasteiger partial charge >= 0.3 is 5.97 Å². The van der Waals surface area contributed by atoms with E-state index >= 15 is 0 Å². The van der Waals surface area contributed by atoms with Crippen LogP contribution in [0.4, 0.5) is 0 Å². The van der Waals surface area contributed by atoms with Crippen molar-refractivity contribution in [2.45, 2.75) is 32.2 Å². The minimum absolute atomic E-state index is 0. The second-order valence-electron chi connectivity index (χ2n) is 4.19. The van der Waals surface area contributed by atoms with Gasteiger partial charge in [-0.1, -0.05) is 0 Å². The van der Waals surface area contributed by atoms with Crippen LogP contribution in [-0.4, -0.2) is 38.1 Å². The predicted octanol–water partition coefficient (Wildman–Crippen LogP) is 0.476. The molecule has 1 aliphatic rings. The fourth-order valence-electron chi connectivity index (χ4n) is 1.90. The third-order valence-corrected chi connectivity index (χ3v) is 2.85. The van der Waals surface area contributed by atoms with Gasteiger partial charge in [0.05, 0.1) is 13.5 Å². The highest BCUT2D eigenvalue weighted by atomic mass is 35.5. The Balaban J connectivity index is 0.00000256. The highest BCUT2D eigenvalue weighted by Gasteiger charge is 2.24. The van der Waals surface area contributed by atoms with E-state index in [2.05, 4.69) is 22.3 Å². The molecule has 0 unspecified atom stereocenters. The topological polar surface area (TPSA) is 67.4 Å². The first kappa shape index (κ1) is 16.2. The van der Waals surface area contributed by atoms with Gasteiger partial charge in [0.2, 0.25) is 5.91 Å². The van der Waals surface area contributed by atoms with Crippen LogP contribution in [0.15, 0.2) is 0 Å². The van der Waals surface area contributed by atoms with Gasteiger partial charge in [0.1, 0.15) is 0 Å². The van der Waals surface area contributed by atoms with Crippen LogP contribution in [0.1, 0.15) is 26.2 Å². The summed E-state index contributed by atoms with van der Waals surface area (Å²) in [5.74, 6) is -0.162. The number of esters is 1. The average molecular weight is 265 g/mol. The maximum absolute atomic E-state index is 11.7. The van der Waals surface area contributed by atoms with Gasteiger partial charge in [-0.2, -0.15) is 0 Å². The summed E-state index contributed by atoms with van der Waals surface area (Å²) in [5, 5.41) is 6.07. The summed E-state index contributed by atoms with van der Waals surface area (Å²) in [6.07, 6.45) is 1.97. The average Bonchev–Trinajstić information content (AvgIpc) is 2.28. The second kappa shape index (κ2) is 8.31. The summed E-state index contributed by atoms with van der Waals surface area (Å²) in [4.78, 5) is 22.6. The molecule has 0 aromatic rings. The minimum atomic E-state index is -0.293. The fourth-order valence-corrected chi connectivity index (χ4v) is 1.90. The number of halogens is 1. The first-order chi connectivity index (χ1) is 7.63. The molecule has 1 saturated heterocycles. The molecule has 0 radical (unpaired) electrons. The van der Waals surface area contributed by atoms with Crippen molar-refractivity contribution in [3.63, 3.8) is 0 Å². The van der Waals surface area contributed by atoms with Crippen LogP contribution in [0, 0.1) is 5.92 Å². The lowest BCUT2D eigenvalue weighted by Gasteiger charge is -2.27. The highest BCUT2D eigenvalue weighted by molar-refractivity contribution is 5.85. The van der Waals surface area contributed by atoms with Crippen molar-refractivity contribution in [2.75, 3.05) is 20.2 Å². The van der Waals surface area contributed by atoms with Crippen molar-refractivity contribution < 1.29 is 14.3 Å². The molecule has 6 heteroatoms. The van der Waals surface area contributed by atoms with Gasteiger partial charge in [0, 0.05) is 18.5 Å². The zero-order valence-corrected chi connectivity index (χ0v) is 11.1. The van der Waals surface area contributed by atoms with Gasteiger partial charge in [-0.3, -0.25) is 9.59 Å². The number of amides is 1. The molecule has 1 rings (SSSR count). The molecule has 0 aromatic heterocycles. The second-order valence-corrected chi connectivity index (χ2v) is 4.19. The number of methoxy groups -OCH3 is 1. The van der Waals surface area contributed by atoms with E-state index in [0.717, 1.165) is 19.4 Å². The van der Waals surface area contributed by atoms with Crippen LogP contribution in [0.3, 0.4) is 0 Å². The molecule has 5 nitrogen and oxygen atoms in total. The predicted molar refractivity (Wildman–Crippen MR) is 67.1 cm³/mol. The van der Waals surface area contributed by atoms with Gasteiger partial charge in [-0.05, 0) is 26.3 Å². The number of nitrogens with one attached hydrogen (secondary N) is 2. The summed E-state index contributed by atoms with van der Waals surface area (Å²) in [6.45, 7) is 3.33. The molecule has 1 amide bonds. The molecule has 17 heavy (non-hydrogen) atoms. The molecule has 0 aliphatic carbocycles. The summed E-state index contributed by atoms with van der Waals surface area (Å²) >= 11 is 0. The Morgan fingerprint density at radius 3 is 2.76 bits per heavy atom. The standard InChI is InChI=1S/C11H20N2O3.ClH/c1-8-7-9(3-5-12-8)11(15)13-6-4-10(14)16-2;/h8-9,12H,3-7H2,1-2H3,(H,13,15);1H/t8-,9-;/m0./s1. The van der Waals surface area contributed by atoms with E-state index in [1.165, 1.54) is 7.11 Å². The van der Waals surface area contributed by atoms with E-state index in [1.807, 2.05) is 0 Å². The fraction of sp³-hybridized carbons (Fsp3) is 0.818. The summed E-state index contributed by atoms with van der Waals surface area (Å²) in [7, 11) is 1.35. The Morgan fingerprint density at radius 2 is 2.18 bits per heavy atom. The summed E-state index contributed by atoms with van der Waals surface area (Å²) in [6, 6.07) is 0.394. The zero-order valence-electron chi connectivity index (χ0n) is 10.3. The molecule has 2 N–H and O–H groups in total. The number of carbonyl (C=O) groups is 2. The first-order valence-electron chi connectivity index (χ1n) is 5.71. The van der Waals surface area contributed by atoms with E-state index < -0.39 is 0 Å². The van der Waals surface area contributed by atoms with E-state index in [1.54, 1.807) is 0 Å². The summed E-state index contributed by atoms with van der Waals surface area (Å²) < 4.78 is 4.49. The highest BCUT2D eigenvalue weighted by Crippen LogP contribution is 2.15. The van der Waals surface area contributed by atoms with Crippen LogP contribution in [0.5, 0.6) is 0 Å². The van der Waals surface area contributed by atoms with Crippen molar-refractivity contribution in [1.29, 1.82) is 0 Å². The smallest absolute Gasteiger partial charge is 0.307 e. The maximum Gasteiger partial charge on any atom is 0.307 e. The van der Waals surface area contributed by atoms with Gasteiger partial charge in [0.15, 0.2) is 0 Å². The minimum Gasteiger partial charge on any atom is -0.469 e. The van der Waals surface area contributed by atoms with Crippen molar-refractivity contribution in [3.8, 4) is 0 Å². The van der Waals surface area contributed by atoms with Crippen molar-refractivity contribution in [2.24, 2.45) is 5.92 Å². The van der Waals surface area contributed by atoms with Crippen LogP contribution < -0.4 is 10.6 Å². The number of hydrogen-bond acceptors (Lipinski definition) is 4. The van der Waals surface area contributed by atoms with Crippen molar-refractivity contribution in [3.05, 3.63) is 0 Å². The first-order valence-corrected chi connectivity index (χ1v) is 5.71. The number of rotatable bonds is 4. The molecule has 0 saturated carbocycles. The zero-order chi connectivity index (χ0) is 12.0. The Labute approximate surface area is 108 Å². The van der Waals surface area contributed by atoms with E-state index in [-0.39, 0.29) is 36.6 Å². The Hall–Kier alpha value is -0.810. The van der Waals surface area contributed by atoms with Crippen molar-refractivity contribution in [1.82, 2.24) is 10.6 Å². The monoisotopic (exact) mass is 264 g/mol. The van der Waals surface area contributed by atoms with E-state index in [9.17, 15) is 9.59 Å². The molecule has 100 valence electrons. The lowest BCUT2D eigenvalue weighted by Crippen LogP contribution is -2.42. The molecular formula is C11H21ClN2O3. The van der Waals surface area contributed by atoms with Gasteiger partial charge in [-0.15, -0.1) is 12.4 Å². The Bertz CT molecular complexity index is 261. The quantitative estimate of drug-likeness (QED) is 0.725. The third-order valence-electron chi connectivity index (χ3n) is 2.85. The molecule has 2 atom stereocenters.